The maximum absolute atomic E-state index is 6.51. The second-order valence-corrected chi connectivity index (χ2v) is 8.69. The van der Waals surface area contributed by atoms with Gasteiger partial charge in [-0.2, -0.15) is 0 Å². The molecule has 0 fully saturated rings. The average Bonchev–Trinajstić information content (AvgIpc) is 3.47. The molecule has 0 amide bonds. The Kier molecular flexibility index (Phi) is 4.33. The van der Waals surface area contributed by atoms with Crippen molar-refractivity contribution >= 4 is 33.0 Å². The van der Waals surface area contributed by atoms with Gasteiger partial charge >= 0.3 is 0 Å². The first-order valence-corrected chi connectivity index (χ1v) is 11.6. The van der Waals surface area contributed by atoms with Crippen LogP contribution in [0.15, 0.2) is 112 Å². The first kappa shape index (κ1) is 19.7. The predicted octanol–water partition coefficient (Wildman–Crippen LogP) is 8.43. The molecule has 4 heteroatoms. The first-order valence-electron chi connectivity index (χ1n) is 11.6. The van der Waals surface area contributed by atoms with Crippen LogP contribution in [0.5, 0.6) is 0 Å². The molecule has 3 aromatic carbocycles. The van der Waals surface area contributed by atoms with Gasteiger partial charge in [-0.25, -0.2) is 4.98 Å². The Morgan fingerprint density at radius 2 is 1.43 bits per heavy atom. The van der Waals surface area contributed by atoms with Gasteiger partial charge in [0.25, 0.3) is 0 Å². The highest BCUT2D eigenvalue weighted by Crippen LogP contribution is 2.42. The zero-order valence-electron chi connectivity index (χ0n) is 19.0. The highest BCUT2D eigenvalue weighted by atomic mass is 16.3. The summed E-state index contributed by atoms with van der Waals surface area (Å²) in [5, 5.41) is 3.01. The van der Waals surface area contributed by atoms with Gasteiger partial charge in [0.15, 0.2) is 0 Å². The Morgan fingerprint density at radius 3 is 2.23 bits per heavy atom. The summed E-state index contributed by atoms with van der Waals surface area (Å²) in [6.45, 7) is 1.97. The molecule has 0 aliphatic carbocycles. The summed E-state index contributed by atoms with van der Waals surface area (Å²) in [7, 11) is 0. The number of aromatic nitrogens is 2. The molecule has 0 spiro atoms. The predicted molar refractivity (Wildman–Crippen MR) is 140 cm³/mol. The summed E-state index contributed by atoms with van der Waals surface area (Å²) in [6, 6.07) is 32.7. The molecule has 4 nitrogen and oxygen atoms in total. The Labute approximate surface area is 201 Å². The summed E-state index contributed by atoms with van der Waals surface area (Å²) in [4.78, 5) is 9.44. The lowest BCUT2D eigenvalue weighted by atomic mass is 9.99. The molecule has 4 aromatic heterocycles. The number of furan rings is 2. The van der Waals surface area contributed by atoms with Gasteiger partial charge in [0.2, 0.25) is 5.71 Å². The van der Waals surface area contributed by atoms with E-state index >= 15 is 0 Å². The van der Waals surface area contributed by atoms with Crippen LogP contribution in [-0.2, 0) is 0 Å². The van der Waals surface area contributed by atoms with E-state index < -0.39 is 0 Å². The van der Waals surface area contributed by atoms with E-state index in [9.17, 15) is 0 Å². The molecule has 0 N–H and O–H groups in total. The van der Waals surface area contributed by atoms with Gasteiger partial charge in [-0.3, -0.25) is 4.98 Å². The number of nitrogens with zero attached hydrogens (tertiary/aromatic N) is 2. The van der Waals surface area contributed by atoms with Crippen molar-refractivity contribution in [2.45, 2.75) is 6.92 Å². The maximum atomic E-state index is 6.51. The third-order valence-corrected chi connectivity index (χ3v) is 6.45. The molecule has 0 aliphatic heterocycles. The number of benzene rings is 3. The van der Waals surface area contributed by atoms with E-state index in [0.29, 0.717) is 5.71 Å². The molecular weight excluding hydrogens is 432 g/mol. The quantitative estimate of drug-likeness (QED) is 0.270. The molecule has 0 saturated carbocycles. The molecule has 0 unspecified atom stereocenters. The number of para-hydroxylation sites is 1. The van der Waals surface area contributed by atoms with Gasteiger partial charge in [-0.1, -0.05) is 72.8 Å². The topological polar surface area (TPSA) is 52.1 Å². The largest absolute Gasteiger partial charge is 0.455 e. The SMILES string of the molecule is Cc1ccc2c(n1)oc1c(-c3cc4oc(-c5ccccc5)c(-c5ccccc5)c4cn3)cccc12. The lowest BCUT2D eigenvalue weighted by molar-refractivity contribution is 0.632. The molecule has 35 heavy (non-hydrogen) atoms. The van der Waals surface area contributed by atoms with E-state index in [4.69, 9.17) is 13.8 Å². The number of aryl methyl sites for hydroxylation is 1. The Balaban J connectivity index is 1.47. The lowest BCUT2D eigenvalue weighted by Gasteiger charge is -2.04. The Morgan fingerprint density at radius 1 is 0.657 bits per heavy atom. The zero-order chi connectivity index (χ0) is 23.4. The highest BCUT2D eigenvalue weighted by molar-refractivity contribution is 6.09. The third-order valence-electron chi connectivity index (χ3n) is 6.45. The van der Waals surface area contributed by atoms with Crippen LogP contribution in [0.4, 0.5) is 0 Å². The van der Waals surface area contributed by atoms with Crippen LogP contribution in [-0.4, -0.2) is 9.97 Å². The fourth-order valence-electron chi connectivity index (χ4n) is 4.80. The average molecular weight is 453 g/mol. The van der Waals surface area contributed by atoms with Crippen molar-refractivity contribution in [3.8, 4) is 33.7 Å². The van der Waals surface area contributed by atoms with Crippen LogP contribution >= 0.6 is 0 Å². The molecular formula is C31H20N2O2. The standard InChI is InChI=1S/C31H20N2O2/c1-19-15-16-23-22-13-8-14-24(30(22)35-31(23)33-19)26-17-27-25(18-32-26)28(20-9-4-2-5-10-20)29(34-27)21-11-6-3-7-12-21/h2-18H,1H3. The second-order valence-electron chi connectivity index (χ2n) is 8.69. The molecule has 0 saturated heterocycles. The molecule has 7 rings (SSSR count). The normalized spacial score (nSPS) is 11.6. The van der Waals surface area contributed by atoms with Crippen molar-refractivity contribution in [2.75, 3.05) is 0 Å². The van der Waals surface area contributed by atoms with Gasteiger partial charge < -0.3 is 8.83 Å². The minimum absolute atomic E-state index is 0.643. The smallest absolute Gasteiger partial charge is 0.227 e. The van der Waals surface area contributed by atoms with Gasteiger partial charge in [0, 0.05) is 50.8 Å². The molecule has 7 aromatic rings. The van der Waals surface area contributed by atoms with Crippen molar-refractivity contribution < 1.29 is 8.83 Å². The Hall–Kier alpha value is -4.70. The number of hydrogen-bond donors (Lipinski definition) is 0. The second kappa shape index (κ2) is 7.67. The summed E-state index contributed by atoms with van der Waals surface area (Å²) in [5.74, 6) is 0.840. The molecule has 0 aliphatic rings. The molecule has 166 valence electrons. The summed E-state index contributed by atoms with van der Waals surface area (Å²) < 4.78 is 12.7. The van der Waals surface area contributed by atoms with Crippen molar-refractivity contribution in [3.05, 3.63) is 109 Å². The van der Waals surface area contributed by atoms with E-state index in [2.05, 4.69) is 41.4 Å². The minimum atomic E-state index is 0.643. The summed E-state index contributed by atoms with van der Waals surface area (Å²) in [5.41, 5.74) is 8.03. The zero-order valence-corrected chi connectivity index (χ0v) is 19.0. The van der Waals surface area contributed by atoms with E-state index in [1.54, 1.807) is 0 Å². The van der Waals surface area contributed by atoms with E-state index in [0.717, 1.165) is 66.7 Å². The van der Waals surface area contributed by atoms with E-state index in [1.165, 1.54) is 0 Å². The lowest BCUT2D eigenvalue weighted by Crippen LogP contribution is -1.85. The molecule has 0 atom stereocenters. The highest BCUT2D eigenvalue weighted by Gasteiger charge is 2.20. The number of fused-ring (bicyclic) bond motifs is 4. The van der Waals surface area contributed by atoms with Crippen LogP contribution in [0, 0.1) is 6.92 Å². The molecule has 0 radical (unpaired) electrons. The molecule has 4 heterocycles. The van der Waals surface area contributed by atoms with Crippen molar-refractivity contribution in [2.24, 2.45) is 0 Å². The van der Waals surface area contributed by atoms with Crippen LogP contribution in [0.3, 0.4) is 0 Å². The summed E-state index contributed by atoms with van der Waals surface area (Å²) in [6.07, 6.45) is 1.91. The first-order chi connectivity index (χ1) is 17.3. The minimum Gasteiger partial charge on any atom is -0.455 e. The van der Waals surface area contributed by atoms with Crippen molar-refractivity contribution in [1.82, 2.24) is 9.97 Å². The maximum Gasteiger partial charge on any atom is 0.227 e. The number of hydrogen-bond acceptors (Lipinski definition) is 4. The fourth-order valence-corrected chi connectivity index (χ4v) is 4.80. The fraction of sp³-hybridized carbons (Fsp3) is 0.0323. The van der Waals surface area contributed by atoms with Crippen LogP contribution < -0.4 is 0 Å². The van der Waals surface area contributed by atoms with Crippen molar-refractivity contribution in [3.63, 3.8) is 0 Å². The van der Waals surface area contributed by atoms with Gasteiger partial charge in [0.05, 0.1) is 5.69 Å². The summed E-state index contributed by atoms with van der Waals surface area (Å²) >= 11 is 0. The van der Waals surface area contributed by atoms with Crippen LogP contribution in [0.2, 0.25) is 0 Å². The molecule has 0 bridgehead atoms. The third kappa shape index (κ3) is 3.15. The van der Waals surface area contributed by atoms with Crippen LogP contribution in [0.1, 0.15) is 5.69 Å². The van der Waals surface area contributed by atoms with E-state index in [-0.39, 0.29) is 0 Å². The van der Waals surface area contributed by atoms with E-state index in [1.807, 2.05) is 73.8 Å². The van der Waals surface area contributed by atoms with Gasteiger partial charge in [-0.05, 0) is 30.7 Å². The van der Waals surface area contributed by atoms with Crippen molar-refractivity contribution in [1.29, 1.82) is 0 Å². The monoisotopic (exact) mass is 452 g/mol. The van der Waals surface area contributed by atoms with Gasteiger partial charge in [0.1, 0.15) is 16.9 Å². The van der Waals surface area contributed by atoms with Crippen LogP contribution in [0.25, 0.3) is 66.7 Å². The number of pyridine rings is 2. The Bertz CT molecular complexity index is 1850. The van der Waals surface area contributed by atoms with Gasteiger partial charge in [-0.15, -0.1) is 0 Å². The number of rotatable bonds is 3.